The van der Waals surface area contributed by atoms with Gasteiger partial charge in [-0.25, -0.2) is 4.39 Å². The summed E-state index contributed by atoms with van der Waals surface area (Å²) in [6.07, 6.45) is 1.81. The van der Waals surface area contributed by atoms with Gasteiger partial charge in [-0.3, -0.25) is 24.0 Å². The minimum Gasteiger partial charge on any atom is -0.349 e. The van der Waals surface area contributed by atoms with E-state index in [1.165, 1.54) is 24.0 Å². The lowest BCUT2D eigenvalue weighted by atomic mass is 9.94. The van der Waals surface area contributed by atoms with Gasteiger partial charge in [0.15, 0.2) is 0 Å². The Bertz CT molecular complexity index is 1160. The number of nitrogens with zero attached hydrogens (tertiary/aromatic N) is 3. The molecule has 4 saturated heterocycles. The van der Waals surface area contributed by atoms with Gasteiger partial charge in [-0.1, -0.05) is 11.6 Å². The number of halogens is 2. The van der Waals surface area contributed by atoms with Crippen molar-refractivity contribution in [2.75, 3.05) is 26.2 Å². The van der Waals surface area contributed by atoms with Crippen LogP contribution in [-0.2, 0) is 19.2 Å². The number of likely N-dealkylation sites (tertiary alicyclic amines) is 2. The molecule has 1 aromatic carbocycles. The summed E-state index contributed by atoms with van der Waals surface area (Å²) in [6.45, 7) is 3.02. The Balaban J connectivity index is 1.27. The standard InChI is InChI=1S/C25H29ClFN5O5/c1-13(33)30-7-4-14(5-8-30)24(36)31-9-6-19-21(31)25(37)32-12-16(11-20(32)23(35)29-19)28-22(34)15-2-3-18(27)17(26)10-15/h2-3,10,14,16,19-21H,4-9,11-12H2,1H3,(H,28,34)(H,29,35). The van der Waals surface area contributed by atoms with E-state index >= 15 is 0 Å². The maximum Gasteiger partial charge on any atom is 0.251 e. The van der Waals surface area contributed by atoms with E-state index in [4.69, 9.17) is 11.6 Å². The summed E-state index contributed by atoms with van der Waals surface area (Å²) in [5.41, 5.74) is 0.174. The van der Waals surface area contributed by atoms with E-state index in [1.807, 2.05) is 0 Å². The lowest BCUT2D eigenvalue weighted by molar-refractivity contribution is -0.148. The SMILES string of the molecule is CC(=O)N1CCC(C(=O)N2CCC3NC(=O)C4CC(NC(=O)c5ccc(F)c(Cl)c5)CN4C(=O)C32)CC1. The fourth-order valence-corrected chi connectivity index (χ4v) is 6.14. The molecule has 0 saturated carbocycles. The van der Waals surface area contributed by atoms with Crippen molar-refractivity contribution in [3.8, 4) is 0 Å². The average molecular weight is 534 g/mol. The average Bonchev–Trinajstić information content (AvgIpc) is 3.47. The van der Waals surface area contributed by atoms with Gasteiger partial charge in [-0.05, 0) is 43.9 Å². The number of benzene rings is 1. The maximum atomic E-state index is 13.7. The molecule has 0 bridgehead atoms. The van der Waals surface area contributed by atoms with Gasteiger partial charge < -0.3 is 25.3 Å². The molecule has 0 aromatic heterocycles. The number of amides is 5. The molecule has 4 atom stereocenters. The molecule has 4 fully saturated rings. The van der Waals surface area contributed by atoms with Crippen molar-refractivity contribution in [2.24, 2.45) is 5.92 Å². The molecule has 5 amide bonds. The van der Waals surface area contributed by atoms with E-state index in [0.717, 1.165) is 6.07 Å². The van der Waals surface area contributed by atoms with Crippen LogP contribution in [0.25, 0.3) is 0 Å². The van der Waals surface area contributed by atoms with Crippen LogP contribution < -0.4 is 10.6 Å². The van der Waals surface area contributed by atoms with Crippen LogP contribution in [0.4, 0.5) is 4.39 Å². The lowest BCUT2D eigenvalue weighted by Crippen LogP contribution is -2.54. The molecule has 0 spiro atoms. The minimum atomic E-state index is -0.794. The predicted molar refractivity (Wildman–Crippen MR) is 130 cm³/mol. The molecular weight excluding hydrogens is 505 g/mol. The summed E-state index contributed by atoms with van der Waals surface area (Å²) in [4.78, 5) is 69.2. The van der Waals surface area contributed by atoms with Crippen LogP contribution in [0, 0.1) is 11.7 Å². The molecule has 12 heteroatoms. The zero-order valence-electron chi connectivity index (χ0n) is 20.4. The fourth-order valence-electron chi connectivity index (χ4n) is 5.96. The van der Waals surface area contributed by atoms with Crippen molar-refractivity contribution in [2.45, 2.75) is 56.8 Å². The first-order chi connectivity index (χ1) is 17.6. The van der Waals surface area contributed by atoms with Crippen LogP contribution in [0.2, 0.25) is 5.02 Å². The molecule has 0 radical (unpaired) electrons. The van der Waals surface area contributed by atoms with Crippen molar-refractivity contribution in [3.63, 3.8) is 0 Å². The summed E-state index contributed by atoms with van der Waals surface area (Å²) < 4.78 is 13.5. The molecule has 1 aromatic rings. The number of fused-ring (bicyclic) bond motifs is 2. The number of hydrogen-bond acceptors (Lipinski definition) is 5. The Morgan fingerprint density at radius 2 is 1.84 bits per heavy atom. The summed E-state index contributed by atoms with van der Waals surface area (Å²) in [7, 11) is 0. The first-order valence-electron chi connectivity index (χ1n) is 12.6. The number of carbonyl (C=O) groups is 5. The Hall–Kier alpha value is -3.21. The van der Waals surface area contributed by atoms with Gasteiger partial charge in [0.1, 0.15) is 17.9 Å². The van der Waals surface area contributed by atoms with Crippen LogP contribution in [-0.4, -0.2) is 94.6 Å². The maximum absolute atomic E-state index is 13.7. The molecule has 198 valence electrons. The summed E-state index contributed by atoms with van der Waals surface area (Å²) >= 11 is 5.79. The highest BCUT2D eigenvalue weighted by Crippen LogP contribution is 2.31. The Labute approximate surface area is 218 Å². The fraction of sp³-hybridized carbons (Fsp3) is 0.560. The van der Waals surface area contributed by atoms with Gasteiger partial charge in [0, 0.05) is 50.6 Å². The van der Waals surface area contributed by atoms with E-state index in [1.54, 1.807) is 9.80 Å². The molecule has 4 aliphatic heterocycles. The second-order valence-corrected chi connectivity index (χ2v) is 10.6. The van der Waals surface area contributed by atoms with Crippen LogP contribution in [0.5, 0.6) is 0 Å². The van der Waals surface area contributed by atoms with Crippen molar-refractivity contribution in [3.05, 3.63) is 34.6 Å². The zero-order valence-corrected chi connectivity index (χ0v) is 21.2. The number of nitrogens with one attached hydrogen (secondary N) is 2. The van der Waals surface area contributed by atoms with Crippen molar-refractivity contribution in [1.82, 2.24) is 25.3 Å². The van der Waals surface area contributed by atoms with Crippen molar-refractivity contribution < 1.29 is 28.4 Å². The van der Waals surface area contributed by atoms with Gasteiger partial charge in [-0.2, -0.15) is 0 Å². The molecular formula is C25H29ClFN5O5. The quantitative estimate of drug-likeness (QED) is 0.588. The van der Waals surface area contributed by atoms with E-state index in [9.17, 15) is 28.4 Å². The third-order valence-electron chi connectivity index (χ3n) is 7.96. The minimum absolute atomic E-state index is 0.0157. The second kappa shape index (κ2) is 9.92. The summed E-state index contributed by atoms with van der Waals surface area (Å²) in [5, 5.41) is 5.59. The first kappa shape index (κ1) is 25.4. The highest BCUT2D eigenvalue weighted by atomic mass is 35.5. The van der Waals surface area contributed by atoms with Gasteiger partial charge >= 0.3 is 0 Å². The molecule has 0 aliphatic carbocycles. The third kappa shape index (κ3) is 4.76. The van der Waals surface area contributed by atoms with Crippen LogP contribution >= 0.6 is 11.6 Å². The van der Waals surface area contributed by atoms with E-state index in [2.05, 4.69) is 10.6 Å². The van der Waals surface area contributed by atoms with Crippen LogP contribution in [0.1, 0.15) is 43.0 Å². The molecule has 4 unspecified atom stereocenters. The predicted octanol–water partition coefficient (Wildman–Crippen LogP) is 0.536. The topological polar surface area (TPSA) is 119 Å². The largest absolute Gasteiger partial charge is 0.349 e. The molecule has 5 rings (SSSR count). The van der Waals surface area contributed by atoms with E-state index < -0.39 is 35.9 Å². The van der Waals surface area contributed by atoms with Crippen LogP contribution in [0.15, 0.2) is 18.2 Å². The molecule has 4 aliphatic rings. The highest BCUT2D eigenvalue weighted by molar-refractivity contribution is 6.31. The van der Waals surface area contributed by atoms with E-state index in [-0.39, 0.29) is 53.1 Å². The van der Waals surface area contributed by atoms with Gasteiger partial charge in [-0.15, -0.1) is 0 Å². The van der Waals surface area contributed by atoms with Gasteiger partial charge in [0.25, 0.3) is 5.91 Å². The van der Waals surface area contributed by atoms with Gasteiger partial charge in [0.05, 0.1) is 11.1 Å². The summed E-state index contributed by atoms with van der Waals surface area (Å²) in [6, 6.07) is 1.15. The van der Waals surface area contributed by atoms with E-state index in [0.29, 0.717) is 38.9 Å². The lowest BCUT2D eigenvalue weighted by Gasteiger charge is -2.35. The number of rotatable bonds is 3. The smallest absolute Gasteiger partial charge is 0.251 e. The molecule has 4 heterocycles. The van der Waals surface area contributed by atoms with Gasteiger partial charge in [0.2, 0.25) is 23.6 Å². The highest BCUT2D eigenvalue weighted by Gasteiger charge is 2.53. The second-order valence-electron chi connectivity index (χ2n) is 10.2. The molecule has 2 N–H and O–H groups in total. The number of hydrogen-bond donors (Lipinski definition) is 2. The van der Waals surface area contributed by atoms with Crippen molar-refractivity contribution >= 4 is 41.1 Å². The monoisotopic (exact) mass is 533 g/mol. The third-order valence-corrected chi connectivity index (χ3v) is 8.24. The Morgan fingerprint density at radius 1 is 1.11 bits per heavy atom. The normalized spacial score (nSPS) is 27.9. The number of carbonyl (C=O) groups excluding carboxylic acids is 5. The first-order valence-corrected chi connectivity index (χ1v) is 12.9. The zero-order chi connectivity index (χ0) is 26.4. The number of piperidine rings is 1. The van der Waals surface area contributed by atoms with Crippen molar-refractivity contribution in [1.29, 1.82) is 0 Å². The summed E-state index contributed by atoms with van der Waals surface area (Å²) in [5.74, 6) is -2.13. The molecule has 37 heavy (non-hydrogen) atoms. The Kier molecular flexibility index (Phi) is 6.82. The van der Waals surface area contributed by atoms with Crippen LogP contribution in [0.3, 0.4) is 0 Å². The Morgan fingerprint density at radius 3 is 2.51 bits per heavy atom. The molecule has 10 nitrogen and oxygen atoms in total.